The Labute approximate surface area is 193 Å². The monoisotopic (exact) mass is 511 g/mol. The van der Waals surface area contributed by atoms with E-state index >= 15 is 0 Å². The van der Waals surface area contributed by atoms with Gasteiger partial charge in [0, 0.05) is 30.7 Å². The number of likely N-dealkylation sites (tertiary alicyclic amines) is 1. The van der Waals surface area contributed by atoms with Gasteiger partial charge >= 0.3 is 18.0 Å². The Morgan fingerprint density at radius 3 is 2.15 bits per heavy atom. The molecule has 1 aliphatic rings. The second-order valence-electron chi connectivity index (χ2n) is 7.90. The average molecular weight is 511 g/mol. The maximum Gasteiger partial charge on any atom is 0.435 e. The van der Waals surface area contributed by atoms with E-state index in [-0.39, 0.29) is 31.7 Å². The van der Waals surface area contributed by atoms with Crippen molar-refractivity contribution >= 4 is 17.2 Å². The highest BCUT2D eigenvalue weighted by molar-refractivity contribution is 7.86. The standard InChI is InChI=1S/C22H20F7NO3S/c1-33-12-15-3-2-4-18(11-15)34(32)19(9-10-30(13-19)14-31)16-5-7-17(8-6-16)20(23,21(24,25)26)22(27,28)29/h2-8,11,14H,9-10,12-13H2,1H3. The van der Waals surface area contributed by atoms with Gasteiger partial charge in [-0.05, 0) is 29.7 Å². The van der Waals surface area contributed by atoms with Gasteiger partial charge in [-0.2, -0.15) is 26.3 Å². The molecule has 0 aliphatic carbocycles. The van der Waals surface area contributed by atoms with Gasteiger partial charge in [-0.15, -0.1) is 0 Å². The molecule has 0 N–H and O–H groups in total. The normalized spacial score (nSPS) is 20.4. The molecule has 2 unspecified atom stereocenters. The van der Waals surface area contributed by atoms with Crippen molar-refractivity contribution in [1.82, 2.24) is 4.90 Å². The van der Waals surface area contributed by atoms with Crippen LogP contribution in [0.15, 0.2) is 53.4 Å². The molecule has 1 amide bonds. The van der Waals surface area contributed by atoms with Crippen LogP contribution in [-0.4, -0.2) is 48.1 Å². The van der Waals surface area contributed by atoms with E-state index in [1.807, 2.05) is 0 Å². The number of carbonyl (C=O) groups excluding carboxylic acids is 1. The average Bonchev–Trinajstić information content (AvgIpc) is 3.23. The molecule has 2 aromatic rings. The van der Waals surface area contributed by atoms with E-state index in [9.17, 15) is 39.7 Å². The molecule has 34 heavy (non-hydrogen) atoms. The molecule has 186 valence electrons. The Morgan fingerprint density at radius 2 is 1.65 bits per heavy atom. The van der Waals surface area contributed by atoms with Crippen LogP contribution < -0.4 is 0 Å². The predicted octanol–water partition coefficient (Wildman–Crippen LogP) is 4.99. The van der Waals surface area contributed by atoms with Crippen LogP contribution in [0.2, 0.25) is 0 Å². The van der Waals surface area contributed by atoms with E-state index < -0.39 is 39.1 Å². The third kappa shape index (κ3) is 4.45. The Hall–Kier alpha value is -2.47. The molecule has 4 nitrogen and oxygen atoms in total. The number of rotatable bonds is 7. The van der Waals surface area contributed by atoms with Crippen LogP contribution in [-0.2, 0) is 37.4 Å². The molecule has 0 aromatic heterocycles. The van der Waals surface area contributed by atoms with Crippen molar-refractivity contribution in [2.75, 3.05) is 20.2 Å². The van der Waals surface area contributed by atoms with E-state index in [4.69, 9.17) is 4.74 Å². The fraction of sp³-hybridized carbons (Fsp3) is 0.409. The third-order valence-corrected chi connectivity index (χ3v) is 7.74. The number of alkyl halides is 7. The Balaban J connectivity index is 2.08. The molecule has 2 atom stereocenters. The minimum Gasteiger partial charge on any atom is -0.380 e. The molecular formula is C22H20F7NO3S. The maximum atomic E-state index is 14.4. The van der Waals surface area contributed by atoms with Crippen LogP contribution in [0.1, 0.15) is 23.1 Å². The minimum atomic E-state index is -6.24. The second-order valence-corrected chi connectivity index (χ2v) is 9.69. The fourth-order valence-electron chi connectivity index (χ4n) is 4.03. The van der Waals surface area contributed by atoms with Crippen LogP contribution in [0.4, 0.5) is 30.7 Å². The number of nitrogens with zero attached hydrogens (tertiary/aromatic N) is 1. The van der Waals surface area contributed by atoms with Crippen LogP contribution >= 0.6 is 0 Å². The van der Waals surface area contributed by atoms with Crippen molar-refractivity contribution < 1.29 is 44.5 Å². The number of hydrogen-bond acceptors (Lipinski definition) is 3. The van der Waals surface area contributed by atoms with E-state index in [1.165, 1.54) is 12.0 Å². The van der Waals surface area contributed by atoms with E-state index in [1.54, 1.807) is 24.3 Å². The summed E-state index contributed by atoms with van der Waals surface area (Å²) in [5.74, 6) is 0. The zero-order chi connectivity index (χ0) is 25.4. The quantitative estimate of drug-likeness (QED) is 0.389. The fourth-order valence-corrected chi connectivity index (χ4v) is 5.85. The van der Waals surface area contributed by atoms with Crippen molar-refractivity contribution in [2.45, 2.75) is 40.7 Å². The molecule has 0 radical (unpaired) electrons. The van der Waals surface area contributed by atoms with Gasteiger partial charge in [0.25, 0.3) is 0 Å². The molecule has 1 heterocycles. The van der Waals surface area contributed by atoms with Gasteiger partial charge in [-0.3, -0.25) is 9.00 Å². The first-order valence-electron chi connectivity index (χ1n) is 9.92. The molecule has 1 saturated heterocycles. The summed E-state index contributed by atoms with van der Waals surface area (Å²) in [7, 11) is -0.390. The van der Waals surface area contributed by atoms with Gasteiger partial charge < -0.3 is 9.64 Å². The molecule has 3 rings (SSSR count). The highest BCUT2D eigenvalue weighted by Gasteiger charge is 2.73. The summed E-state index contributed by atoms with van der Waals surface area (Å²) in [6.07, 6.45) is -11.8. The highest BCUT2D eigenvalue weighted by Crippen LogP contribution is 2.53. The van der Waals surface area contributed by atoms with Crippen molar-refractivity contribution in [3.8, 4) is 0 Å². The summed E-state index contributed by atoms with van der Waals surface area (Å²) < 4.78 is 111. The first-order chi connectivity index (χ1) is 15.8. The molecular weight excluding hydrogens is 491 g/mol. The van der Waals surface area contributed by atoms with E-state index in [2.05, 4.69) is 0 Å². The van der Waals surface area contributed by atoms with Crippen LogP contribution in [0.25, 0.3) is 0 Å². The van der Waals surface area contributed by atoms with Gasteiger partial charge in [0.1, 0.15) is 0 Å². The molecule has 1 fully saturated rings. The Bertz CT molecular complexity index is 1040. The molecule has 2 aromatic carbocycles. The SMILES string of the molecule is COCc1cccc(S(=O)C2(c3ccc(C(F)(C(F)(F)F)C(F)(F)F)cc3)CCN(C=O)C2)c1. The van der Waals surface area contributed by atoms with Crippen LogP contribution in [0.5, 0.6) is 0 Å². The lowest BCUT2D eigenvalue weighted by Crippen LogP contribution is -2.50. The van der Waals surface area contributed by atoms with E-state index in [0.29, 0.717) is 29.0 Å². The number of methoxy groups -OCH3 is 1. The largest absolute Gasteiger partial charge is 0.435 e. The number of hydrogen-bond donors (Lipinski definition) is 0. The zero-order valence-electron chi connectivity index (χ0n) is 17.8. The van der Waals surface area contributed by atoms with Crippen LogP contribution in [0.3, 0.4) is 0 Å². The van der Waals surface area contributed by atoms with Crippen molar-refractivity contribution in [3.05, 3.63) is 65.2 Å². The molecule has 1 aliphatic heterocycles. The van der Waals surface area contributed by atoms with Crippen molar-refractivity contribution in [3.63, 3.8) is 0 Å². The number of amides is 1. The summed E-state index contributed by atoms with van der Waals surface area (Å²) in [4.78, 5) is 13.0. The molecule has 0 spiro atoms. The summed E-state index contributed by atoms with van der Waals surface area (Å²) in [6.45, 7) is 0.309. The van der Waals surface area contributed by atoms with Crippen molar-refractivity contribution in [1.29, 1.82) is 0 Å². The molecule has 0 saturated carbocycles. The summed E-state index contributed by atoms with van der Waals surface area (Å²) in [5.41, 5.74) is -6.38. The van der Waals surface area contributed by atoms with Gasteiger partial charge in [0.2, 0.25) is 6.41 Å². The second kappa shape index (κ2) is 9.29. The van der Waals surface area contributed by atoms with Gasteiger partial charge in [-0.1, -0.05) is 36.4 Å². The first-order valence-corrected chi connectivity index (χ1v) is 11.1. The summed E-state index contributed by atoms with van der Waals surface area (Å²) in [5, 5.41) is 0. The number of halogens is 7. The molecule has 12 heteroatoms. The summed E-state index contributed by atoms with van der Waals surface area (Å²) >= 11 is 0. The van der Waals surface area contributed by atoms with Gasteiger partial charge in [-0.25, -0.2) is 4.39 Å². The number of benzene rings is 2. The number of carbonyl (C=O) groups is 1. The Kier molecular flexibility index (Phi) is 7.14. The first kappa shape index (κ1) is 26.1. The third-order valence-electron chi connectivity index (χ3n) is 5.78. The lowest BCUT2D eigenvalue weighted by atomic mass is 9.90. The lowest BCUT2D eigenvalue weighted by Gasteiger charge is -2.32. The Morgan fingerprint density at radius 1 is 1.03 bits per heavy atom. The lowest BCUT2D eigenvalue weighted by molar-refractivity contribution is -0.348. The van der Waals surface area contributed by atoms with Crippen LogP contribution in [0, 0.1) is 0 Å². The summed E-state index contributed by atoms with van der Waals surface area (Å²) in [6, 6.07) is 9.16. The highest BCUT2D eigenvalue weighted by atomic mass is 32.2. The maximum absolute atomic E-state index is 14.4. The predicted molar refractivity (Wildman–Crippen MR) is 109 cm³/mol. The number of ether oxygens (including phenoxy) is 1. The zero-order valence-corrected chi connectivity index (χ0v) is 18.6. The topological polar surface area (TPSA) is 46.6 Å². The van der Waals surface area contributed by atoms with Gasteiger partial charge in [0.15, 0.2) is 0 Å². The smallest absolute Gasteiger partial charge is 0.380 e. The van der Waals surface area contributed by atoms with E-state index in [0.717, 1.165) is 12.1 Å². The van der Waals surface area contributed by atoms with Gasteiger partial charge in [0.05, 0.1) is 22.2 Å². The minimum absolute atomic E-state index is 0.0870. The van der Waals surface area contributed by atoms with Crippen molar-refractivity contribution in [2.24, 2.45) is 0 Å². The molecule has 0 bridgehead atoms.